The zero-order valence-corrected chi connectivity index (χ0v) is 8.94. The zero-order valence-electron chi connectivity index (χ0n) is 8.94. The van der Waals surface area contributed by atoms with Gasteiger partial charge in [0.15, 0.2) is 0 Å². The maximum atomic E-state index is 12.2. The Hall–Kier alpha value is -1.34. The summed E-state index contributed by atoms with van der Waals surface area (Å²) in [7, 11) is 0. The predicted molar refractivity (Wildman–Crippen MR) is 54.4 cm³/mol. The van der Waals surface area contributed by atoms with Crippen LogP contribution < -0.4 is 10.5 Å². The van der Waals surface area contributed by atoms with Gasteiger partial charge < -0.3 is 15.6 Å². The minimum atomic E-state index is -4.40. The Bertz CT molecular complexity index is 340. The largest absolute Gasteiger partial charge is 0.478 e. The fraction of sp³-hybridized carbons (Fsp3) is 0.500. The topological polar surface area (TPSA) is 68.4 Å². The highest BCUT2D eigenvalue weighted by atomic mass is 19.4. The van der Waals surface area contributed by atoms with Crippen LogP contribution in [0.5, 0.6) is 5.88 Å². The second kappa shape index (κ2) is 5.83. The molecule has 0 aliphatic carbocycles. The summed E-state index contributed by atoms with van der Waals surface area (Å²) in [5.41, 5.74) is 4.60. The Morgan fingerprint density at radius 2 is 2.12 bits per heavy atom. The van der Waals surface area contributed by atoms with E-state index in [9.17, 15) is 13.2 Å². The molecule has 0 amide bonds. The van der Waals surface area contributed by atoms with E-state index in [1.54, 1.807) is 0 Å². The van der Waals surface area contributed by atoms with Crippen LogP contribution in [-0.4, -0.2) is 29.3 Å². The van der Waals surface area contributed by atoms with Crippen LogP contribution in [0.4, 0.5) is 13.2 Å². The van der Waals surface area contributed by atoms with Crippen molar-refractivity contribution in [3.8, 4) is 5.88 Å². The summed E-state index contributed by atoms with van der Waals surface area (Å²) in [5, 5.41) is 8.64. The average Bonchev–Trinajstić information content (AvgIpc) is 2.28. The summed E-state index contributed by atoms with van der Waals surface area (Å²) < 4.78 is 41.7. The molecule has 4 nitrogen and oxygen atoms in total. The first-order valence-corrected chi connectivity index (χ1v) is 4.96. The van der Waals surface area contributed by atoms with Crippen LogP contribution >= 0.6 is 0 Å². The van der Waals surface area contributed by atoms with E-state index in [1.165, 1.54) is 0 Å². The first-order valence-electron chi connectivity index (χ1n) is 4.96. The molecule has 1 aromatic heterocycles. The molecule has 1 aromatic rings. The number of rotatable bonds is 5. The van der Waals surface area contributed by atoms with Gasteiger partial charge in [-0.25, -0.2) is 4.98 Å². The summed E-state index contributed by atoms with van der Waals surface area (Å²) in [6.07, 6.45) is -3.29. The molecule has 0 spiro atoms. The first kappa shape index (κ1) is 13.7. The summed E-state index contributed by atoms with van der Waals surface area (Å²) in [6, 6.07) is 1.64. The molecule has 17 heavy (non-hydrogen) atoms. The van der Waals surface area contributed by atoms with E-state index < -0.39 is 17.8 Å². The molecule has 3 N–H and O–H groups in total. The molecule has 0 unspecified atom stereocenters. The summed E-state index contributed by atoms with van der Waals surface area (Å²) in [4.78, 5) is 3.52. The predicted octanol–water partition coefficient (Wildman–Crippen LogP) is 1.19. The second-order valence-electron chi connectivity index (χ2n) is 3.46. The van der Waals surface area contributed by atoms with E-state index in [0.717, 1.165) is 12.1 Å². The van der Waals surface area contributed by atoms with Crippen LogP contribution in [0.25, 0.3) is 0 Å². The number of halogens is 3. The van der Waals surface area contributed by atoms with Crippen molar-refractivity contribution in [3.63, 3.8) is 0 Å². The van der Waals surface area contributed by atoms with Crippen LogP contribution in [0, 0.1) is 0 Å². The number of alkyl halides is 3. The Morgan fingerprint density at radius 1 is 1.41 bits per heavy atom. The smallest absolute Gasteiger partial charge is 0.417 e. The monoisotopic (exact) mass is 250 g/mol. The molecule has 0 radical (unpaired) electrons. The van der Waals surface area contributed by atoms with E-state index in [-0.39, 0.29) is 19.1 Å². The molecule has 0 bridgehead atoms. The molecule has 0 fully saturated rings. The SMILES string of the molecule is N[C@H](CO)CCOc1ccc(C(F)(F)F)cn1. The summed E-state index contributed by atoms with van der Waals surface area (Å²) in [5.74, 6) is 0.100. The molecule has 0 aliphatic rings. The van der Waals surface area contributed by atoms with Gasteiger partial charge in [-0.05, 0) is 12.5 Å². The first-order chi connectivity index (χ1) is 7.93. The van der Waals surface area contributed by atoms with Gasteiger partial charge >= 0.3 is 6.18 Å². The van der Waals surface area contributed by atoms with Crippen LogP contribution in [0.2, 0.25) is 0 Å². The van der Waals surface area contributed by atoms with Crippen molar-refractivity contribution in [1.29, 1.82) is 0 Å². The number of aliphatic hydroxyl groups excluding tert-OH is 1. The Balaban J connectivity index is 2.46. The van der Waals surface area contributed by atoms with Crippen LogP contribution in [0.3, 0.4) is 0 Å². The highest BCUT2D eigenvalue weighted by molar-refractivity contribution is 5.20. The van der Waals surface area contributed by atoms with Crippen molar-refractivity contribution in [3.05, 3.63) is 23.9 Å². The van der Waals surface area contributed by atoms with Gasteiger partial charge in [0.25, 0.3) is 0 Å². The van der Waals surface area contributed by atoms with E-state index >= 15 is 0 Å². The molecule has 0 saturated carbocycles. The van der Waals surface area contributed by atoms with Crippen molar-refractivity contribution in [2.45, 2.75) is 18.6 Å². The van der Waals surface area contributed by atoms with Crippen molar-refractivity contribution in [1.82, 2.24) is 4.98 Å². The van der Waals surface area contributed by atoms with Gasteiger partial charge in [0.2, 0.25) is 5.88 Å². The van der Waals surface area contributed by atoms with Gasteiger partial charge in [-0.15, -0.1) is 0 Å². The maximum Gasteiger partial charge on any atom is 0.417 e. The third kappa shape index (κ3) is 4.58. The number of aromatic nitrogens is 1. The van der Waals surface area contributed by atoms with Gasteiger partial charge in [-0.2, -0.15) is 13.2 Å². The van der Waals surface area contributed by atoms with Crippen LogP contribution in [0.15, 0.2) is 18.3 Å². The molecule has 1 atom stereocenters. The number of hydrogen-bond donors (Lipinski definition) is 2. The quantitative estimate of drug-likeness (QED) is 0.823. The van der Waals surface area contributed by atoms with Crippen molar-refractivity contribution < 1.29 is 23.0 Å². The summed E-state index contributed by atoms with van der Waals surface area (Å²) >= 11 is 0. The lowest BCUT2D eigenvalue weighted by atomic mass is 10.2. The summed E-state index contributed by atoms with van der Waals surface area (Å²) in [6.45, 7) is 0.0316. The third-order valence-electron chi connectivity index (χ3n) is 2.04. The van der Waals surface area contributed by atoms with E-state index in [0.29, 0.717) is 12.6 Å². The molecule has 0 saturated heterocycles. The van der Waals surface area contributed by atoms with Gasteiger partial charge in [0.1, 0.15) is 0 Å². The molecular formula is C10H13F3N2O2. The fourth-order valence-corrected chi connectivity index (χ4v) is 1.04. The number of nitrogens with zero attached hydrogens (tertiary/aromatic N) is 1. The second-order valence-corrected chi connectivity index (χ2v) is 3.46. The van der Waals surface area contributed by atoms with Crippen molar-refractivity contribution >= 4 is 0 Å². The molecule has 0 aromatic carbocycles. The molecule has 7 heteroatoms. The van der Waals surface area contributed by atoms with Gasteiger partial charge in [0, 0.05) is 18.3 Å². The lowest BCUT2D eigenvalue weighted by Crippen LogP contribution is -2.26. The molecule has 96 valence electrons. The number of nitrogens with two attached hydrogens (primary N) is 1. The number of pyridine rings is 1. The van der Waals surface area contributed by atoms with E-state index in [2.05, 4.69) is 4.98 Å². The molecule has 1 heterocycles. The normalized spacial score (nSPS) is 13.5. The zero-order chi connectivity index (χ0) is 12.9. The third-order valence-corrected chi connectivity index (χ3v) is 2.04. The van der Waals surface area contributed by atoms with Gasteiger partial charge in [0.05, 0.1) is 18.8 Å². The molecule has 1 rings (SSSR count). The standard InChI is InChI=1S/C10H13F3N2O2/c11-10(12,13)7-1-2-9(15-5-7)17-4-3-8(14)6-16/h1-2,5,8,16H,3-4,6,14H2/t8-/m0/s1. The minimum Gasteiger partial charge on any atom is -0.478 e. The molecular weight excluding hydrogens is 237 g/mol. The fourth-order valence-electron chi connectivity index (χ4n) is 1.04. The van der Waals surface area contributed by atoms with Crippen molar-refractivity contribution in [2.75, 3.05) is 13.2 Å². The Kier molecular flexibility index (Phi) is 4.71. The van der Waals surface area contributed by atoms with E-state index in [4.69, 9.17) is 15.6 Å². The highest BCUT2D eigenvalue weighted by Crippen LogP contribution is 2.29. The Morgan fingerprint density at radius 3 is 2.59 bits per heavy atom. The Labute approximate surface area is 96.2 Å². The number of hydrogen-bond acceptors (Lipinski definition) is 4. The van der Waals surface area contributed by atoms with E-state index in [1.807, 2.05) is 0 Å². The average molecular weight is 250 g/mol. The lowest BCUT2D eigenvalue weighted by Gasteiger charge is -2.10. The van der Waals surface area contributed by atoms with Crippen LogP contribution in [0.1, 0.15) is 12.0 Å². The number of ether oxygens (including phenoxy) is 1. The van der Waals surface area contributed by atoms with Crippen molar-refractivity contribution in [2.24, 2.45) is 5.73 Å². The maximum absolute atomic E-state index is 12.2. The van der Waals surface area contributed by atoms with Gasteiger partial charge in [-0.3, -0.25) is 0 Å². The highest BCUT2D eigenvalue weighted by Gasteiger charge is 2.30. The van der Waals surface area contributed by atoms with Gasteiger partial charge in [-0.1, -0.05) is 0 Å². The van der Waals surface area contributed by atoms with Crippen LogP contribution in [-0.2, 0) is 6.18 Å². The number of aliphatic hydroxyl groups is 1. The lowest BCUT2D eigenvalue weighted by molar-refractivity contribution is -0.137. The minimum absolute atomic E-state index is 0.100. The molecule has 0 aliphatic heterocycles.